The average molecular weight is 403 g/mol. The third-order valence-corrected chi connectivity index (χ3v) is 5.00. The zero-order chi connectivity index (χ0) is 14.8. The summed E-state index contributed by atoms with van der Waals surface area (Å²) in [6.07, 6.45) is 0. The van der Waals surface area contributed by atoms with E-state index in [1.807, 2.05) is 6.07 Å². The quantitative estimate of drug-likeness (QED) is 0.772. The van der Waals surface area contributed by atoms with Gasteiger partial charge in [-0.3, -0.25) is 4.72 Å². The third-order valence-electron chi connectivity index (χ3n) is 2.80. The molecule has 0 heterocycles. The summed E-state index contributed by atoms with van der Waals surface area (Å²) < 4.78 is 28.3. The fourth-order valence-electron chi connectivity index (χ4n) is 1.79. The minimum atomic E-state index is -3.66. The van der Waals surface area contributed by atoms with Crippen molar-refractivity contribution in [3.05, 3.63) is 57.2 Å². The van der Waals surface area contributed by atoms with Gasteiger partial charge in [0, 0.05) is 9.26 Å². The van der Waals surface area contributed by atoms with Gasteiger partial charge in [-0.1, -0.05) is 18.2 Å². The molecule has 20 heavy (non-hydrogen) atoms. The maximum absolute atomic E-state index is 12.4. The van der Waals surface area contributed by atoms with Crippen LogP contribution in [-0.2, 0) is 16.6 Å². The molecule has 0 aliphatic rings. The van der Waals surface area contributed by atoms with Gasteiger partial charge in [-0.15, -0.1) is 0 Å². The maximum atomic E-state index is 12.4. The summed E-state index contributed by atoms with van der Waals surface area (Å²) in [5.74, 6) is 0. The number of aryl methyl sites for hydroxylation is 1. The molecule has 0 aliphatic heterocycles. The summed E-state index contributed by atoms with van der Waals surface area (Å²) >= 11 is 2.12. The molecular formula is C14H14INO3S. The molecule has 0 amide bonds. The first-order valence-electron chi connectivity index (χ1n) is 5.91. The lowest BCUT2D eigenvalue weighted by Gasteiger charge is -2.11. The van der Waals surface area contributed by atoms with Crippen molar-refractivity contribution >= 4 is 38.3 Å². The Kier molecular flexibility index (Phi) is 4.66. The molecule has 0 spiro atoms. The van der Waals surface area contributed by atoms with Crippen molar-refractivity contribution < 1.29 is 13.5 Å². The van der Waals surface area contributed by atoms with Gasteiger partial charge in [0.2, 0.25) is 0 Å². The zero-order valence-electron chi connectivity index (χ0n) is 10.8. The molecule has 4 nitrogen and oxygen atoms in total. The van der Waals surface area contributed by atoms with Crippen molar-refractivity contribution in [2.45, 2.75) is 18.4 Å². The van der Waals surface area contributed by atoms with E-state index in [0.717, 1.165) is 3.57 Å². The number of hydrogen-bond acceptors (Lipinski definition) is 3. The van der Waals surface area contributed by atoms with Crippen molar-refractivity contribution in [1.29, 1.82) is 0 Å². The molecule has 0 radical (unpaired) electrons. The van der Waals surface area contributed by atoms with Gasteiger partial charge in [-0.2, -0.15) is 0 Å². The normalized spacial score (nSPS) is 11.3. The predicted octanol–water partition coefficient (Wildman–Crippen LogP) is 2.89. The molecule has 2 N–H and O–H groups in total. The lowest BCUT2D eigenvalue weighted by atomic mass is 10.2. The van der Waals surface area contributed by atoms with Gasteiger partial charge >= 0.3 is 0 Å². The van der Waals surface area contributed by atoms with E-state index >= 15 is 0 Å². The van der Waals surface area contributed by atoms with Gasteiger partial charge in [0.15, 0.2) is 0 Å². The first kappa shape index (κ1) is 15.3. The number of halogens is 1. The number of aliphatic hydroxyl groups is 1. The molecule has 0 fully saturated rings. The van der Waals surface area contributed by atoms with Crippen molar-refractivity contribution in [2.24, 2.45) is 0 Å². The van der Waals surface area contributed by atoms with E-state index in [9.17, 15) is 8.42 Å². The number of hydrogen-bond donors (Lipinski definition) is 2. The van der Waals surface area contributed by atoms with Gasteiger partial charge in [0.25, 0.3) is 10.0 Å². The van der Waals surface area contributed by atoms with Crippen LogP contribution in [0.2, 0.25) is 0 Å². The highest BCUT2D eigenvalue weighted by molar-refractivity contribution is 14.1. The summed E-state index contributed by atoms with van der Waals surface area (Å²) in [6, 6.07) is 12.0. The second-order valence-corrected chi connectivity index (χ2v) is 7.27. The fraction of sp³-hybridized carbons (Fsp3) is 0.143. The minimum Gasteiger partial charge on any atom is -0.392 e. The predicted molar refractivity (Wildman–Crippen MR) is 87.1 cm³/mol. The average Bonchev–Trinajstić information content (AvgIpc) is 2.38. The number of sulfonamides is 1. The van der Waals surface area contributed by atoms with Crippen LogP contribution in [0.3, 0.4) is 0 Å². The summed E-state index contributed by atoms with van der Waals surface area (Å²) in [7, 11) is -3.66. The van der Waals surface area contributed by atoms with Gasteiger partial charge in [0.1, 0.15) is 0 Å². The van der Waals surface area contributed by atoms with Gasteiger partial charge in [-0.05, 0) is 64.9 Å². The summed E-state index contributed by atoms with van der Waals surface area (Å²) in [5, 5.41) is 9.13. The Labute approximate surface area is 132 Å². The highest BCUT2D eigenvalue weighted by Gasteiger charge is 2.17. The molecule has 6 heteroatoms. The standard InChI is InChI=1S/C14H14INO3S/c1-10-5-6-11(9-17)7-14(10)20(18,19)16-13-4-2-3-12(15)8-13/h2-8,16-17H,9H2,1H3. The molecule has 2 aromatic rings. The zero-order valence-corrected chi connectivity index (χ0v) is 13.8. The van der Waals surface area contributed by atoms with E-state index in [4.69, 9.17) is 5.11 Å². The van der Waals surface area contributed by atoms with E-state index in [1.165, 1.54) is 6.07 Å². The number of aliphatic hydroxyl groups excluding tert-OH is 1. The number of nitrogens with one attached hydrogen (secondary N) is 1. The second-order valence-electron chi connectivity index (χ2n) is 4.37. The second kappa shape index (κ2) is 6.11. The van der Waals surface area contributed by atoms with Gasteiger partial charge in [0.05, 0.1) is 11.5 Å². The molecule has 2 aromatic carbocycles. The molecule has 0 aromatic heterocycles. The lowest BCUT2D eigenvalue weighted by Crippen LogP contribution is -2.14. The van der Waals surface area contributed by atoms with Crippen LogP contribution in [0.25, 0.3) is 0 Å². The van der Waals surface area contributed by atoms with Crippen molar-refractivity contribution in [1.82, 2.24) is 0 Å². The first-order chi connectivity index (χ1) is 9.42. The summed E-state index contributed by atoms with van der Waals surface area (Å²) in [6.45, 7) is 1.54. The Morgan fingerprint density at radius 2 is 1.95 bits per heavy atom. The number of anilines is 1. The minimum absolute atomic E-state index is 0.183. The lowest BCUT2D eigenvalue weighted by molar-refractivity contribution is 0.281. The molecule has 0 bridgehead atoms. The number of benzene rings is 2. The smallest absolute Gasteiger partial charge is 0.262 e. The Bertz CT molecular complexity index is 729. The van der Waals surface area contributed by atoms with Crippen LogP contribution in [0.1, 0.15) is 11.1 Å². The topological polar surface area (TPSA) is 66.4 Å². The Balaban J connectivity index is 2.40. The summed E-state index contributed by atoms with van der Waals surface area (Å²) in [4.78, 5) is 0.183. The van der Waals surface area contributed by atoms with E-state index in [0.29, 0.717) is 16.8 Å². The number of rotatable bonds is 4. The van der Waals surface area contributed by atoms with Crippen molar-refractivity contribution in [3.63, 3.8) is 0 Å². The molecule has 0 saturated carbocycles. The molecular weight excluding hydrogens is 389 g/mol. The highest BCUT2D eigenvalue weighted by Crippen LogP contribution is 2.21. The van der Waals surface area contributed by atoms with Gasteiger partial charge in [-0.25, -0.2) is 8.42 Å². The largest absolute Gasteiger partial charge is 0.392 e. The Morgan fingerprint density at radius 1 is 1.20 bits per heavy atom. The molecule has 0 aliphatic carbocycles. The maximum Gasteiger partial charge on any atom is 0.262 e. The van der Waals surface area contributed by atoms with E-state index in [2.05, 4.69) is 27.3 Å². The summed E-state index contributed by atoms with van der Waals surface area (Å²) in [5.41, 5.74) is 1.73. The SMILES string of the molecule is Cc1ccc(CO)cc1S(=O)(=O)Nc1cccc(I)c1. The Morgan fingerprint density at radius 3 is 2.60 bits per heavy atom. The van der Waals surface area contributed by atoms with Crippen molar-refractivity contribution in [2.75, 3.05) is 4.72 Å². The van der Waals surface area contributed by atoms with E-state index in [1.54, 1.807) is 37.3 Å². The van der Waals surface area contributed by atoms with Crippen LogP contribution in [0.5, 0.6) is 0 Å². The van der Waals surface area contributed by atoms with Crippen LogP contribution in [-0.4, -0.2) is 13.5 Å². The third kappa shape index (κ3) is 3.50. The van der Waals surface area contributed by atoms with Crippen LogP contribution < -0.4 is 4.72 Å². The van der Waals surface area contributed by atoms with Crippen LogP contribution in [0.15, 0.2) is 47.4 Å². The molecule has 0 atom stereocenters. The van der Waals surface area contributed by atoms with Crippen molar-refractivity contribution in [3.8, 4) is 0 Å². The monoisotopic (exact) mass is 403 g/mol. The highest BCUT2D eigenvalue weighted by atomic mass is 127. The fourth-order valence-corrected chi connectivity index (χ4v) is 3.68. The van der Waals surface area contributed by atoms with E-state index < -0.39 is 10.0 Å². The first-order valence-corrected chi connectivity index (χ1v) is 8.47. The van der Waals surface area contributed by atoms with Crippen LogP contribution in [0, 0.1) is 10.5 Å². The van der Waals surface area contributed by atoms with E-state index in [-0.39, 0.29) is 11.5 Å². The Hall–Kier alpha value is -1.12. The molecule has 2 rings (SSSR count). The van der Waals surface area contributed by atoms with Crippen LogP contribution >= 0.6 is 22.6 Å². The van der Waals surface area contributed by atoms with Crippen LogP contribution in [0.4, 0.5) is 5.69 Å². The molecule has 0 saturated heterocycles. The van der Waals surface area contributed by atoms with Gasteiger partial charge < -0.3 is 5.11 Å². The molecule has 106 valence electrons. The molecule has 0 unspecified atom stereocenters.